The van der Waals surface area contributed by atoms with E-state index in [2.05, 4.69) is 4.74 Å². The molecule has 0 saturated carbocycles. The topological polar surface area (TPSA) is 196 Å². The molecular formula is C20H18N2O9. The number of carbonyl (C=O) groups excluding carboxylic acids is 3. The zero-order valence-electron chi connectivity index (χ0n) is 16.4. The average molecular weight is 430 g/mol. The first-order valence-corrected chi connectivity index (χ1v) is 8.67. The number of amides is 2. The van der Waals surface area contributed by atoms with Gasteiger partial charge in [-0.25, -0.2) is 14.4 Å². The second-order valence-corrected chi connectivity index (χ2v) is 6.07. The summed E-state index contributed by atoms with van der Waals surface area (Å²) in [6.45, 7) is 1.65. The Hall–Kier alpha value is -4.41. The van der Waals surface area contributed by atoms with E-state index in [4.69, 9.17) is 16.2 Å². The van der Waals surface area contributed by atoms with E-state index in [0.717, 1.165) is 13.2 Å². The quantitative estimate of drug-likeness (QED) is 0.444. The number of nitrogens with two attached hydrogens (primary N) is 2. The van der Waals surface area contributed by atoms with Gasteiger partial charge in [-0.1, -0.05) is 0 Å². The van der Waals surface area contributed by atoms with Crippen LogP contribution >= 0.6 is 0 Å². The first kappa shape index (κ1) is 22.9. The molecule has 0 aliphatic carbocycles. The normalized spacial score (nSPS) is 10.3. The number of carbonyl (C=O) groups is 5. The van der Waals surface area contributed by atoms with Gasteiger partial charge in [0.15, 0.2) is 0 Å². The number of aromatic carboxylic acids is 2. The average Bonchev–Trinajstić information content (AvgIpc) is 2.71. The molecule has 0 saturated heterocycles. The fourth-order valence-electron chi connectivity index (χ4n) is 3.03. The number of benzene rings is 2. The van der Waals surface area contributed by atoms with Crippen LogP contribution in [0.25, 0.3) is 11.1 Å². The van der Waals surface area contributed by atoms with Gasteiger partial charge in [0, 0.05) is 11.1 Å². The van der Waals surface area contributed by atoms with E-state index in [1.807, 2.05) is 0 Å². The standard InChI is InChI=1S/C20H18N2O9/c1-3-31-12-6-8(20(29)30-2)4-5-9(12)13-14(18(25)26)10(16(21)23)7-11(17(22)24)15(13)19(27)28/h4-7H,3H2,1-2H3,(H2,21,23)(H2,22,24)(H,25,26)(H,27,28). The minimum atomic E-state index is -1.68. The van der Waals surface area contributed by atoms with Gasteiger partial charge in [0.1, 0.15) is 5.75 Å². The smallest absolute Gasteiger partial charge is 0.337 e. The Morgan fingerprint density at radius 2 is 1.42 bits per heavy atom. The Bertz CT molecular complexity index is 1070. The monoisotopic (exact) mass is 430 g/mol. The van der Waals surface area contributed by atoms with Gasteiger partial charge < -0.3 is 31.2 Å². The number of esters is 1. The van der Waals surface area contributed by atoms with Crippen molar-refractivity contribution in [3.8, 4) is 16.9 Å². The summed E-state index contributed by atoms with van der Waals surface area (Å²) in [7, 11) is 1.15. The second kappa shape index (κ2) is 8.95. The van der Waals surface area contributed by atoms with Crippen molar-refractivity contribution in [2.24, 2.45) is 11.5 Å². The van der Waals surface area contributed by atoms with Crippen molar-refractivity contribution in [3.63, 3.8) is 0 Å². The fraction of sp³-hybridized carbons (Fsp3) is 0.150. The van der Waals surface area contributed by atoms with E-state index < -0.39 is 57.5 Å². The fourth-order valence-corrected chi connectivity index (χ4v) is 3.03. The van der Waals surface area contributed by atoms with Crippen LogP contribution in [-0.4, -0.2) is 53.7 Å². The molecule has 2 aromatic rings. The maximum Gasteiger partial charge on any atom is 0.337 e. The van der Waals surface area contributed by atoms with E-state index in [0.29, 0.717) is 0 Å². The van der Waals surface area contributed by atoms with Crippen molar-refractivity contribution in [1.82, 2.24) is 0 Å². The molecule has 0 aromatic heterocycles. The number of ether oxygens (including phenoxy) is 2. The Labute approximate surface area is 175 Å². The third-order valence-corrected chi connectivity index (χ3v) is 4.26. The van der Waals surface area contributed by atoms with E-state index in [1.165, 1.54) is 18.2 Å². The number of rotatable bonds is 8. The summed E-state index contributed by atoms with van der Waals surface area (Å²) in [6.07, 6.45) is 0. The number of methoxy groups -OCH3 is 1. The van der Waals surface area contributed by atoms with Crippen LogP contribution in [0.4, 0.5) is 0 Å². The molecule has 0 aliphatic rings. The van der Waals surface area contributed by atoms with Crippen LogP contribution in [0.3, 0.4) is 0 Å². The zero-order chi connectivity index (χ0) is 23.5. The second-order valence-electron chi connectivity index (χ2n) is 6.07. The predicted molar refractivity (Wildman–Crippen MR) is 105 cm³/mol. The molecule has 0 aliphatic heterocycles. The largest absolute Gasteiger partial charge is 0.493 e. The molecule has 31 heavy (non-hydrogen) atoms. The molecule has 2 amide bonds. The summed E-state index contributed by atoms with van der Waals surface area (Å²) in [4.78, 5) is 59.8. The molecular weight excluding hydrogens is 412 g/mol. The maximum absolute atomic E-state index is 12.0. The molecule has 11 heteroatoms. The molecule has 0 spiro atoms. The summed E-state index contributed by atoms with van der Waals surface area (Å²) >= 11 is 0. The molecule has 2 aromatic carbocycles. The van der Waals surface area contributed by atoms with Crippen molar-refractivity contribution in [1.29, 1.82) is 0 Å². The lowest BCUT2D eigenvalue weighted by Gasteiger charge is -2.19. The van der Waals surface area contributed by atoms with Crippen molar-refractivity contribution in [3.05, 3.63) is 52.1 Å². The van der Waals surface area contributed by atoms with Crippen LogP contribution in [0, 0.1) is 0 Å². The van der Waals surface area contributed by atoms with Crippen molar-refractivity contribution < 1.29 is 43.7 Å². The predicted octanol–water partition coefficient (Wildman–Crippen LogP) is 1.13. The number of carboxylic acid groups (broad SMARTS) is 2. The summed E-state index contributed by atoms with van der Waals surface area (Å²) in [6, 6.07) is 4.38. The molecule has 0 bridgehead atoms. The Morgan fingerprint density at radius 1 is 0.903 bits per heavy atom. The molecule has 0 radical (unpaired) electrons. The molecule has 162 valence electrons. The van der Waals surface area contributed by atoms with Gasteiger partial charge in [-0.15, -0.1) is 0 Å². The van der Waals surface area contributed by atoms with E-state index in [9.17, 15) is 34.2 Å². The summed E-state index contributed by atoms with van der Waals surface area (Å²) in [5, 5.41) is 19.5. The maximum atomic E-state index is 12.0. The van der Waals surface area contributed by atoms with Crippen LogP contribution in [0.2, 0.25) is 0 Å². The lowest BCUT2D eigenvalue weighted by atomic mass is 9.86. The van der Waals surface area contributed by atoms with Gasteiger partial charge in [0.25, 0.3) is 0 Å². The highest BCUT2D eigenvalue weighted by Crippen LogP contribution is 2.39. The summed E-state index contributed by atoms with van der Waals surface area (Å²) in [5.41, 5.74) is 7.18. The van der Waals surface area contributed by atoms with Crippen molar-refractivity contribution in [2.75, 3.05) is 13.7 Å². The minimum absolute atomic E-state index is 0.0321. The Balaban J connectivity index is 3.13. The summed E-state index contributed by atoms with van der Waals surface area (Å²) in [5.74, 6) is -6.62. The highest BCUT2D eigenvalue weighted by molar-refractivity contribution is 6.17. The number of hydrogen-bond donors (Lipinski definition) is 4. The zero-order valence-corrected chi connectivity index (χ0v) is 16.4. The van der Waals surface area contributed by atoms with Gasteiger partial charge >= 0.3 is 17.9 Å². The van der Waals surface area contributed by atoms with E-state index in [1.54, 1.807) is 6.92 Å². The Morgan fingerprint density at radius 3 is 1.81 bits per heavy atom. The number of primary amides is 2. The number of hydrogen-bond acceptors (Lipinski definition) is 7. The van der Waals surface area contributed by atoms with Crippen molar-refractivity contribution in [2.45, 2.75) is 6.92 Å². The molecule has 0 fully saturated rings. The first-order valence-electron chi connectivity index (χ1n) is 8.67. The molecule has 0 unspecified atom stereocenters. The van der Waals surface area contributed by atoms with Crippen LogP contribution in [0.5, 0.6) is 5.75 Å². The third kappa shape index (κ3) is 4.29. The highest BCUT2D eigenvalue weighted by atomic mass is 16.5. The van der Waals surface area contributed by atoms with Gasteiger partial charge in [-0.2, -0.15) is 0 Å². The van der Waals surface area contributed by atoms with Crippen LogP contribution < -0.4 is 16.2 Å². The van der Waals surface area contributed by atoms with Gasteiger partial charge in [0.05, 0.1) is 41.5 Å². The molecule has 0 heterocycles. The van der Waals surface area contributed by atoms with Gasteiger partial charge in [0.2, 0.25) is 11.8 Å². The van der Waals surface area contributed by atoms with Gasteiger partial charge in [-0.3, -0.25) is 9.59 Å². The first-order chi connectivity index (χ1) is 14.5. The summed E-state index contributed by atoms with van der Waals surface area (Å²) < 4.78 is 10.1. The molecule has 11 nitrogen and oxygen atoms in total. The highest BCUT2D eigenvalue weighted by Gasteiger charge is 2.32. The van der Waals surface area contributed by atoms with Crippen molar-refractivity contribution >= 4 is 29.7 Å². The van der Waals surface area contributed by atoms with Crippen LogP contribution in [0.1, 0.15) is 58.7 Å². The van der Waals surface area contributed by atoms with E-state index >= 15 is 0 Å². The lowest BCUT2D eigenvalue weighted by Crippen LogP contribution is -2.24. The SMILES string of the molecule is CCOc1cc(C(=O)OC)ccc1-c1c(C(=O)O)c(C(N)=O)cc(C(N)=O)c1C(=O)O. The van der Waals surface area contributed by atoms with Crippen LogP contribution in [0.15, 0.2) is 24.3 Å². The molecule has 2 rings (SSSR count). The minimum Gasteiger partial charge on any atom is -0.493 e. The van der Waals surface area contributed by atoms with Crippen LogP contribution in [-0.2, 0) is 4.74 Å². The van der Waals surface area contributed by atoms with E-state index in [-0.39, 0.29) is 23.5 Å². The third-order valence-electron chi connectivity index (χ3n) is 4.26. The Kier molecular flexibility index (Phi) is 6.60. The molecule has 0 atom stereocenters. The van der Waals surface area contributed by atoms with Gasteiger partial charge in [-0.05, 0) is 31.2 Å². The lowest BCUT2D eigenvalue weighted by molar-refractivity contribution is 0.0598. The number of carboxylic acids is 2. The molecule has 6 N–H and O–H groups in total.